The minimum atomic E-state index is -1.07. The SMILES string of the molecule is CN1CCN(CCCNC(=O)C2=CN3C4CCC5CCCCC5C4OC4C(CCCC5CCCN5C)C(F)CC(C2=O)C43)CC1. The highest BCUT2D eigenvalue weighted by Crippen LogP contribution is 2.52. The second-order valence-corrected chi connectivity index (χ2v) is 15.7. The Morgan fingerprint density at radius 1 is 0.956 bits per heavy atom. The van der Waals surface area contributed by atoms with Gasteiger partial charge in [0.2, 0.25) is 0 Å². The maximum atomic E-state index is 16.3. The number of fused-ring (bicyclic) bond motifs is 4. The van der Waals surface area contributed by atoms with E-state index in [1.807, 2.05) is 6.20 Å². The Labute approximate surface area is 270 Å². The molecule has 0 radical (unpaired) electrons. The number of nitrogens with zero attached hydrogens (tertiary/aromatic N) is 4. The lowest BCUT2D eigenvalue weighted by Crippen LogP contribution is -2.71. The van der Waals surface area contributed by atoms with Gasteiger partial charge in [-0.15, -0.1) is 0 Å². The molecule has 0 aromatic rings. The summed E-state index contributed by atoms with van der Waals surface area (Å²) in [5, 5.41) is 3.08. The van der Waals surface area contributed by atoms with E-state index in [2.05, 4.69) is 39.0 Å². The van der Waals surface area contributed by atoms with Crippen LogP contribution in [0.4, 0.5) is 4.39 Å². The van der Waals surface area contributed by atoms with Crippen LogP contribution < -0.4 is 5.32 Å². The van der Waals surface area contributed by atoms with Gasteiger partial charge in [-0.1, -0.05) is 25.7 Å². The number of hydrogen-bond acceptors (Lipinski definition) is 7. The first-order chi connectivity index (χ1) is 21.9. The van der Waals surface area contributed by atoms with E-state index in [0.29, 0.717) is 24.4 Å². The van der Waals surface area contributed by atoms with E-state index in [9.17, 15) is 9.59 Å². The van der Waals surface area contributed by atoms with Gasteiger partial charge in [-0.3, -0.25) is 9.59 Å². The van der Waals surface area contributed by atoms with Gasteiger partial charge in [0.05, 0.1) is 29.9 Å². The Morgan fingerprint density at radius 2 is 1.78 bits per heavy atom. The number of amides is 1. The lowest BCUT2D eigenvalue weighted by molar-refractivity contribution is -0.230. The van der Waals surface area contributed by atoms with Gasteiger partial charge in [0.25, 0.3) is 5.91 Å². The summed E-state index contributed by atoms with van der Waals surface area (Å²) in [5.74, 6) is 0.0512. The van der Waals surface area contributed by atoms with Gasteiger partial charge >= 0.3 is 0 Å². The monoisotopic (exact) mass is 627 g/mol. The van der Waals surface area contributed by atoms with Crippen LogP contribution in [-0.4, -0.2) is 128 Å². The number of carbonyl (C=O) groups excluding carboxylic acids is 2. The Bertz CT molecular complexity index is 1100. The van der Waals surface area contributed by atoms with Crippen LogP contribution in [0.15, 0.2) is 11.8 Å². The second-order valence-electron chi connectivity index (χ2n) is 15.7. The van der Waals surface area contributed by atoms with E-state index >= 15 is 4.39 Å². The average Bonchev–Trinajstić information content (AvgIpc) is 3.46. The van der Waals surface area contributed by atoms with Crippen molar-refractivity contribution in [2.45, 2.75) is 120 Å². The summed E-state index contributed by atoms with van der Waals surface area (Å²) < 4.78 is 23.4. The smallest absolute Gasteiger partial charge is 0.256 e. The maximum Gasteiger partial charge on any atom is 0.256 e. The van der Waals surface area contributed by atoms with E-state index in [0.717, 1.165) is 71.4 Å². The molecule has 0 spiro atoms. The zero-order valence-corrected chi connectivity index (χ0v) is 27.9. The summed E-state index contributed by atoms with van der Waals surface area (Å²) in [7, 11) is 4.37. The minimum absolute atomic E-state index is 0.0667. The topological polar surface area (TPSA) is 68.4 Å². The number of likely N-dealkylation sites (N-methyl/N-ethyl adjacent to an activating group) is 1. The first-order valence-electron chi connectivity index (χ1n) is 18.6. The van der Waals surface area contributed by atoms with E-state index < -0.39 is 12.1 Å². The lowest BCUT2D eigenvalue weighted by atomic mass is 9.63. The van der Waals surface area contributed by atoms with E-state index in [1.54, 1.807) is 0 Å². The highest BCUT2D eigenvalue weighted by molar-refractivity contribution is 6.20. The Kier molecular flexibility index (Phi) is 9.89. The number of hydrogen-bond donors (Lipinski definition) is 1. The van der Waals surface area contributed by atoms with Crippen molar-refractivity contribution in [2.24, 2.45) is 23.7 Å². The third-order valence-corrected chi connectivity index (χ3v) is 13.2. The molecule has 8 nitrogen and oxygen atoms in total. The number of nitrogens with one attached hydrogen (secondary N) is 1. The summed E-state index contributed by atoms with van der Waals surface area (Å²) in [6, 6.07) is 0.625. The molecule has 4 heterocycles. The maximum absolute atomic E-state index is 16.3. The molecule has 252 valence electrons. The van der Waals surface area contributed by atoms with Crippen molar-refractivity contribution in [2.75, 3.05) is 59.9 Å². The number of Topliss-reactive ketones (excluding diaryl/α,β-unsaturated/α-hetero) is 1. The normalized spacial score (nSPS) is 40.8. The summed E-state index contributed by atoms with van der Waals surface area (Å²) in [5.41, 5.74) is 0.246. The van der Waals surface area contributed by atoms with E-state index in [-0.39, 0.29) is 53.9 Å². The van der Waals surface area contributed by atoms with E-state index in [1.165, 1.54) is 44.9 Å². The van der Waals surface area contributed by atoms with Gasteiger partial charge in [-0.05, 0) is 96.8 Å². The van der Waals surface area contributed by atoms with Crippen molar-refractivity contribution in [3.63, 3.8) is 0 Å². The molecule has 45 heavy (non-hydrogen) atoms. The molecule has 0 aromatic heterocycles. The van der Waals surface area contributed by atoms with Crippen LogP contribution in [-0.2, 0) is 14.3 Å². The molecule has 7 aliphatic rings. The van der Waals surface area contributed by atoms with Gasteiger partial charge in [0.15, 0.2) is 5.78 Å². The molecular formula is C36H58FN5O3. The van der Waals surface area contributed by atoms with Crippen molar-refractivity contribution >= 4 is 11.7 Å². The zero-order chi connectivity index (χ0) is 31.1. The molecule has 0 aromatic carbocycles. The Hall–Kier alpha value is -1.55. The fraction of sp³-hybridized carbons (Fsp3) is 0.889. The van der Waals surface area contributed by atoms with Crippen LogP contribution in [0.5, 0.6) is 0 Å². The van der Waals surface area contributed by atoms with Crippen molar-refractivity contribution in [1.29, 1.82) is 0 Å². The zero-order valence-electron chi connectivity index (χ0n) is 27.9. The average molecular weight is 628 g/mol. The summed E-state index contributed by atoms with van der Waals surface area (Å²) in [6.07, 6.45) is 14.3. The number of ether oxygens (including phenoxy) is 1. The van der Waals surface area contributed by atoms with Crippen molar-refractivity contribution < 1.29 is 18.7 Å². The number of piperazine rings is 1. The van der Waals surface area contributed by atoms with Crippen molar-refractivity contribution in [3.05, 3.63) is 11.8 Å². The number of alkyl halides is 1. The molecule has 9 heteroatoms. The van der Waals surface area contributed by atoms with E-state index in [4.69, 9.17) is 4.74 Å². The molecule has 7 rings (SSSR count). The Morgan fingerprint density at radius 3 is 2.58 bits per heavy atom. The van der Waals surface area contributed by atoms with Crippen LogP contribution in [0.2, 0.25) is 0 Å². The predicted octanol–water partition coefficient (Wildman–Crippen LogP) is 3.85. The number of halogens is 1. The molecule has 1 amide bonds. The molecular weight excluding hydrogens is 569 g/mol. The van der Waals surface area contributed by atoms with Gasteiger partial charge < -0.3 is 29.7 Å². The first-order valence-corrected chi connectivity index (χ1v) is 18.6. The lowest BCUT2D eigenvalue weighted by Gasteiger charge is -2.61. The third kappa shape index (κ3) is 6.49. The highest BCUT2D eigenvalue weighted by Gasteiger charge is 2.60. The van der Waals surface area contributed by atoms with Crippen LogP contribution in [0.1, 0.15) is 83.5 Å². The fourth-order valence-electron chi connectivity index (χ4n) is 10.6. The van der Waals surface area contributed by atoms with Gasteiger partial charge in [0.1, 0.15) is 6.17 Å². The minimum Gasteiger partial charge on any atom is -0.370 e. The number of likely N-dealkylation sites (tertiary alicyclic amines) is 1. The molecule has 10 atom stereocenters. The van der Waals surface area contributed by atoms with Crippen LogP contribution in [0, 0.1) is 23.7 Å². The predicted molar refractivity (Wildman–Crippen MR) is 173 cm³/mol. The third-order valence-electron chi connectivity index (χ3n) is 13.2. The molecule has 4 aliphatic heterocycles. The number of carbonyl (C=O) groups is 2. The first kappa shape index (κ1) is 32.0. The number of morpholine rings is 1. The molecule has 3 saturated carbocycles. The molecule has 0 bridgehead atoms. The van der Waals surface area contributed by atoms with Gasteiger partial charge in [0, 0.05) is 56.8 Å². The number of rotatable bonds is 9. The molecule has 10 unspecified atom stereocenters. The van der Waals surface area contributed by atoms with Crippen LogP contribution in [0.25, 0.3) is 0 Å². The largest absolute Gasteiger partial charge is 0.370 e. The summed E-state index contributed by atoms with van der Waals surface area (Å²) >= 11 is 0. The molecule has 3 aliphatic carbocycles. The van der Waals surface area contributed by atoms with Crippen molar-refractivity contribution in [3.8, 4) is 0 Å². The van der Waals surface area contributed by atoms with Crippen LogP contribution >= 0.6 is 0 Å². The van der Waals surface area contributed by atoms with Gasteiger partial charge in [-0.25, -0.2) is 4.39 Å². The summed E-state index contributed by atoms with van der Waals surface area (Å²) in [6.45, 7) is 6.94. The molecule has 1 N–H and O–H groups in total. The quantitative estimate of drug-likeness (QED) is 0.308. The number of ketones is 1. The molecule has 6 fully saturated rings. The van der Waals surface area contributed by atoms with Gasteiger partial charge in [-0.2, -0.15) is 0 Å². The standard InChI is InChI=1S/C36H58FN5O3/c1-39-18-20-41(21-19-39)17-7-15-38-36(44)29-23-42-31-14-13-24-8-3-4-11-26(24)34(31)45-35-27(12-5-9-25-10-6-16-40(25)2)30(37)22-28(32(35)42)33(29)43/h23-28,30-32,34-35H,3-22H2,1-2H3,(H,38,44). The second kappa shape index (κ2) is 13.9. The fourth-order valence-corrected chi connectivity index (χ4v) is 10.6. The highest BCUT2D eigenvalue weighted by atomic mass is 19.1. The van der Waals surface area contributed by atoms with Crippen molar-refractivity contribution in [1.82, 2.24) is 24.9 Å². The summed E-state index contributed by atoms with van der Waals surface area (Å²) in [4.78, 5) is 37.2. The molecule has 3 saturated heterocycles. The van der Waals surface area contributed by atoms with Crippen LogP contribution in [0.3, 0.4) is 0 Å². The Balaban J connectivity index is 1.08.